The van der Waals surface area contributed by atoms with Crippen molar-refractivity contribution in [2.24, 2.45) is 0 Å². The van der Waals surface area contributed by atoms with Crippen molar-refractivity contribution in [3.63, 3.8) is 0 Å². The Balaban J connectivity index is 1.70. The normalized spacial score (nSPS) is 18.5. The summed E-state index contributed by atoms with van der Waals surface area (Å²) in [4.78, 5) is 2.38. The van der Waals surface area contributed by atoms with Crippen LogP contribution in [0.15, 0.2) is 96.0 Å². The highest BCUT2D eigenvalue weighted by Crippen LogP contribution is 2.50. The molecule has 0 bridgehead atoms. The third-order valence-corrected chi connectivity index (χ3v) is 6.80. The third kappa shape index (κ3) is 2.98. The van der Waals surface area contributed by atoms with E-state index in [4.69, 9.17) is 0 Å². The molecule has 1 aliphatic carbocycles. The Kier molecular flexibility index (Phi) is 4.56. The Morgan fingerprint density at radius 1 is 0.867 bits per heavy atom. The van der Waals surface area contributed by atoms with E-state index in [0.29, 0.717) is 0 Å². The first kappa shape index (κ1) is 19.1. The molecule has 0 N–H and O–H groups in total. The quantitative estimate of drug-likeness (QED) is 0.360. The van der Waals surface area contributed by atoms with E-state index in [0.717, 1.165) is 27.8 Å². The number of benzene rings is 3. The highest BCUT2D eigenvalue weighted by molar-refractivity contribution is 9.10. The van der Waals surface area contributed by atoms with Gasteiger partial charge in [0, 0.05) is 27.7 Å². The number of anilines is 2. The van der Waals surface area contributed by atoms with Gasteiger partial charge in [0.1, 0.15) is 0 Å². The van der Waals surface area contributed by atoms with E-state index in [1.165, 1.54) is 27.9 Å². The molecular formula is C28H24BrN. The zero-order valence-corrected chi connectivity index (χ0v) is 18.9. The molecule has 2 heteroatoms. The molecule has 0 unspecified atom stereocenters. The highest BCUT2D eigenvalue weighted by atomic mass is 79.9. The minimum Gasteiger partial charge on any atom is -0.337 e. The minimum absolute atomic E-state index is 0.0250. The second-order valence-corrected chi connectivity index (χ2v) is 9.40. The lowest BCUT2D eigenvalue weighted by atomic mass is 9.82. The number of halogens is 1. The lowest BCUT2D eigenvalue weighted by Gasteiger charge is -2.28. The fourth-order valence-electron chi connectivity index (χ4n) is 4.72. The molecule has 3 aromatic rings. The zero-order valence-electron chi connectivity index (χ0n) is 17.3. The summed E-state index contributed by atoms with van der Waals surface area (Å²) in [6, 6.07) is 22.2. The minimum atomic E-state index is 0.0250. The molecule has 0 saturated heterocycles. The van der Waals surface area contributed by atoms with Crippen LogP contribution in [0, 0.1) is 0 Å². The predicted molar refractivity (Wildman–Crippen MR) is 132 cm³/mol. The summed E-state index contributed by atoms with van der Waals surface area (Å²) in [7, 11) is 0. The molecular weight excluding hydrogens is 430 g/mol. The number of allylic oxidation sites excluding steroid dienone is 4. The van der Waals surface area contributed by atoms with Crippen molar-refractivity contribution in [1.82, 2.24) is 0 Å². The lowest BCUT2D eigenvalue weighted by Crippen LogP contribution is -2.19. The smallest absolute Gasteiger partial charge is 0.0504 e. The Bertz CT molecular complexity index is 1230. The van der Waals surface area contributed by atoms with Crippen LogP contribution in [0.25, 0.3) is 16.7 Å². The molecule has 30 heavy (non-hydrogen) atoms. The van der Waals surface area contributed by atoms with Crippen molar-refractivity contribution >= 4 is 32.9 Å². The molecule has 0 fully saturated rings. The van der Waals surface area contributed by atoms with Crippen molar-refractivity contribution < 1.29 is 0 Å². The van der Waals surface area contributed by atoms with E-state index in [-0.39, 0.29) is 5.41 Å². The Morgan fingerprint density at radius 3 is 2.53 bits per heavy atom. The predicted octanol–water partition coefficient (Wildman–Crippen LogP) is 8.03. The van der Waals surface area contributed by atoms with Gasteiger partial charge >= 0.3 is 0 Å². The van der Waals surface area contributed by atoms with Crippen molar-refractivity contribution in [1.29, 1.82) is 0 Å². The summed E-state index contributed by atoms with van der Waals surface area (Å²) in [6.07, 6.45) is 8.45. The molecule has 2 aliphatic rings. The van der Waals surface area contributed by atoms with E-state index in [2.05, 4.69) is 126 Å². The zero-order chi connectivity index (χ0) is 20.9. The average Bonchev–Trinajstić information content (AvgIpc) is 3.01. The van der Waals surface area contributed by atoms with E-state index >= 15 is 0 Å². The molecule has 0 saturated carbocycles. The fraction of sp³-hybridized carbons (Fsp3) is 0.143. The van der Waals surface area contributed by atoms with Crippen LogP contribution < -0.4 is 4.90 Å². The van der Waals surface area contributed by atoms with E-state index in [1.54, 1.807) is 0 Å². The van der Waals surface area contributed by atoms with Crippen molar-refractivity contribution in [2.45, 2.75) is 19.3 Å². The van der Waals surface area contributed by atoms with Crippen LogP contribution in [0.1, 0.15) is 30.5 Å². The highest BCUT2D eigenvalue weighted by Gasteiger charge is 2.35. The third-order valence-electron chi connectivity index (χ3n) is 6.31. The fourth-order valence-corrected chi connectivity index (χ4v) is 5.07. The second kappa shape index (κ2) is 7.14. The molecule has 1 aliphatic heterocycles. The van der Waals surface area contributed by atoms with Gasteiger partial charge < -0.3 is 4.90 Å². The van der Waals surface area contributed by atoms with Crippen LogP contribution in [-0.2, 0) is 5.41 Å². The largest absolute Gasteiger partial charge is 0.337 e. The number of nitrogens with zero attached hydrogens (tertiary/aromatic N) is 1. The van der Waals surface area contributed by atoms with Crippen LogP contribution in [0.2, 0.25) is 0 Å². The van der Waals surface area contributed by atoms with Crippen LogP contribution >= 0.6 is 15.9 Å². The molecule has 0 atom stereocenters. The lowest BCUT2D eigenvalue weighted by molar-refractivity contribution is 0.660. The van der Waals surface area contributed by atoms with Gasteiger partial charge in [0.05, 0.1) is 5.69 Å². The summed E-state index contributed by atoms with van der Waals surface area (Å²) in [5, 5.41) is 0. The van der Waals surface area contributed by atoms with Crippen LogP contribution in [-0.4, -0.2) is 6.54 Å². The van der Waals surface area contributed by atoms with E-state index in [9.17, 15) is 0 Å². The molecule has 0 amide bonds. The van der Waals surface area contributed by atoms with Gasteiger partial charge in [-0.25, -0.2) is 0 Å². The average molecular weight is 454 g/mol. The number of hydrogen-bond donors (Lipinski definition) is 0. The first-order chi connectivity index (χ1) is 14.5. The molecule has 0 spiro atoms. The molecule has 5 rings (SSSR count). The second-order valence-electron chi connectivity index (χ2n) is 8.49. The number of rotatable bonds is 1. The summed E-state index contributed by atoms with van der Waals surface area (Å²) >= 11 is 3.67. The van der Waals surface area contributed by atoms with E-state index in [1.807, 2.05) is 0 Å². The van der Waals surface area contributed by atoms with Crippen LogP contribution in [0.5, 0.6) is 0 Å². The Morgan fingerprint density at radius 2 is 1.67 bits per heavy atom. The molecule has 1 nitrogen and oxygen atoms in total. The number of fused-ring (bicyclic) bond motifs is 4. The molecule has 0 aromatic heterocycles. The first-order valence-corrected chi connectivity index (χ1v) is 11.1. The van der Waals surface area contributed by atoms with Gasteiger partial charge in [0.15, 0.2) is 0 Å². The van der Waals surface area contributed by atoms with Gasteiger partial charge in [-0.1, -0.05) is 97.1 Å². The summed E-state index contributed by atoms with van der Waals surface area (Å²) in [6.45, 7) is 9.74. The first-order valence-electron chi connectivity index (χ1n) is 10.3. The van der Waals surface area contributed by atoms with Gasteiger partial charge in [-0.05, 0) is 52.1 Å². The van der Waals surface area contributed by atoms with Crippen molar-refractivity contribution in [3.05, 3.63) is 113 Å². The van der Waals surface area contributed by atoms with Gasteiger partial charge in [0.2, 0.25) is 0 Å². The maximum Gasteiger partial charge on any atom is 0.0504 e. The monoisotopic (exact) mass is 453 g/mol. The Labute approximate surface area is 187 Å². The van der Waals surface area contributed by atoms with Gasteiger partial charge in [-0.15, -0.1) is 0 Å². The summed E-state index contributed by atoms with van der Waals surface area (Å²) in [5.74, 6) is 0. The maximum atomic E-state index is 4.30. The van der Waals surface area contributed by atoms with Gasteiger partial charge in [-0.2, -0.15) is 0 Å². The molecule has 3 aromatic carbocycles. The van der Waals surface area contributed by atoms with Crippen molar-refractivity contribution in [2.75, 3.05) is 11.4 Å². The topological polar surface area (TPSA) is 3.24 Å². The van der Waals surface area contributed by atoms with Gasteiger partial charge in [0.25, 0.3) is 0 Å². The summed E-state index contributed by atoms with van der Waals surface area (Å²) in [5.41, 5.74) is 10.0. The molecule has 1 heterocycles. The van der Waals surface area contributed by atoms with E-state index < -0.39 is 0 Å². The molecule has 148 valence electrons. The van der Waals surface area contributed by atoms with Crippen LogP contribution in [0.3, 0.4) is 0 Å². The van der Waals surface area contributed by atoms with Gasteiger partial charge in [-0.3, -0.25) is 0 Å². The standard InChI is InChI=1S/C28H24BrN/c1-19-9-5-4-8-16-30(27-17-20(29)12-14-22(19)27)21-13-15-26-24(18-21)23-10-6-7-11-25(23)28(26,2)3/h4-15,17-18H,1,16H2,2-3H3/b8-4-,9-5-. The maximum absolute atomic E-state index is 4.30. The van der Waals surface area contributed by atoms with Crippen LogP contribution in [0.4, 0.5) is 11.4 Å². The summed E-state index contributed by atoms with van der Waals surface area (Å²) < 4.78 is 1.07. The van der Waals surface area contributed by atoms with Crippen molar-refractivity contribution in [3.8, 4) is 11.1 Å². The molecule has 0 radical (unpaired) electrons. The SMILES string of the molecule is C=C1/C=C\C=C/CN(c2ccc3c(c2)-c2ccccc2C3(C)C)c2cc(Br)ccc21. The number of hydrogen-bond acceptors (Lipinski definition) is 1. The Hall–Kier alpha value is -2.84.